The first-order chi connectivity index (χ1) is 6.11. The van der Waals surface area contributed by atoms with E-state index >= 15 is 0 Å². The van der Waals surface area contributed by atoms with Crippen molar-refractivity contribution in [3.05, 3.63) is 5.82 Å². The van der Waals surface area contributed by atoms with Crippen LogP contribution >= 0.6 is 12.6 Å². The maximum Gasteiger partial charge on any atom is 0.188 e. The summed E-state index contributed by atoms with van der Waals surface area (Å²) in [7, 11) is 1.78. The second-order valence-electron chi connectivity index (χ2n) is 3.00. The molecule has 0 radical (unpaired) electrons. The summed E-state index contributed by atoms with van der Waals surface area (Å²) in [5, 5.41) is 10.9. The maximum atomic E-state index is 10.8. The number of aromatic nitrogens is 4. The van der Waals surface area contributed by atoms with E-state index in [1.54, 1.807) is 11.7 Å². The van der Waals surface area contributed by atoms with E-state index in [2.05, 4.69) is 28.2 Å². The van der Waals surface area contributed by atoms with Crippen molar-refractivity contribution in [3.63, 3.8) is 0 Å². The molecule has 0 N–H and O–H groups in total. The lowest BCUT2D eigenvalue weighted by molar-refractivity contribution is -0.113. The van der Waals surface area contributed by atoms with Crippen LogP contribution in [0, 0.1) is 5.92 Å². The number of carbonyl (C=O) groups is 1. The first kappa shape index (κ1) is 10.2. The Balaban J connectivity index is 2.44. The number of carbonyl (C=O) groups excluding carboxylic acids is 1. The second kappa shape index (κ2) is 4.36. The van der Waals surface area contributed by atoms with E-state index in [4.69, 9.17) is 0 Å². The van der Waals surface area contributed by atoms with Crippen LogP contribution in [0.2, 0.25) is 0 Å². The maximum absolute atomic E-state index is 10.8. The summed E-state index contributed by atoms with van der Waals surface area (Å²) in [4.78, 5) is 10.8. The van der Waals surface area contributed by atoms with E-state index in [9.17, 15) is 4.79 Å². The van der Waals surface area contributed by atoms with Gasteiger partial charge < -0.3 is 0 Å². The molecule has 1 unspecified atom stereocenters. The fraction of sp³-hybridized carbons (Fsp3) is 0.714. The van der Waals surface area contributed by atoms with Gasteiger partial charge in [0.15, 0.2) is 10.9 Å². The zero-order valence-corrected chi connectivity index (χ0v) is 8.53. The molecule has 1 aromatic rings. The van der Waals surface area contributed by atoms with Crippen molar-refractivity contribution < 1.29 is 4.79 Å². The van der Waals surface area contributed by atoms with Crippen LogP contribution in [-0.4, -0.2) is 25.3 Å². The van der Waals surface area contributed by atoms with Gasteiger partial charge in [0.2, 0.25) is 0 Å². The normalized spacial score (nSPS) is 12.8. The summed E-state index contributed by atoms with van der Waals surface area (Å²) >= 11 is 3.75. The summed E-state index contributed by atoms with van der Waals surface area (Å²) in [6.07, 6.45) is 1.44. The molecule has 0 spiro atoms. The molecule has 0 aliphatic heterocycles. The van der Waals surface area contributed by atoms with Crippen LogP contribution in [-0.2, 0) is 18.3 Å². The first-order valence-electron chi connectivity index (χ1n) is 4.05. The molecule has 1 heterocycles. The predicted molar refractivity (Wildman–Crippen MR) is 50.3 cm³/mol. The van der Waals surface area contributed by atoms with Gasteiger partial charge in [-0.2, -0.15) is 0 Å². The molecular formula is C7H12N4OS. The quantitative estimate of drug-likeness (QED) is 0.707. The molecule has 72 valence electrons. The number of nitrogens with zero attached hydrogens (tertiary/aromatic N) is 4. The zero-order chi connectivity index (χ0) is 9.84. The van der Waals surface area contributed by atoms with Gasteiger partial charge in [0.05, 0.1) is 0 Å². The van der Waals surface area contributed by atoms with Gasteiger partial charge in [-0.1, -0.05) is 6.92 Å². The van der Waals surface area contributed by atoms with E-state index in [1.807, 2.05) is 6.92 Å². The van der Waals surface area contributed by atoms with E-state index in [-0.39, 0.29) is 11.0 Å². The van der Waals surface area contributed by atoms with Crippen LogP contribution in [0.1, 0.15) is 19.2 Å². The molecular weight excluding hydrogens is 188 g/mol. The van der Waals surface area contributed by atoms with Gasteiger partial charge >= 0.3 is 0 Å². The molecule has 0 saturated heterocycles. The average Bonchev–Trinajstić information content (AvgIpc) is 2.47. The molecule has 1 aromatic heterocycles. The number of hydrogen-bond acceptors (Lipinski definition) is 4. The van der Waals surface area contributed by atoms with Crippen molar-refractivity contribution in [3.8, 4) is 0 Å². The van der Waals surface area contributed by atoms with Crippen LogP contribution in [0.15, 0.2) is 0 Å². The fourth-order valence-electron chi connectivity index (χ4n) is 0.929. The minimum Gasteiger partial charge on any atom is -0.287 e. The Morgan fingerprint density at radius 2 is 2.38 bits per heavy atom. The standard InChI is InChI=1S/C7H12N4OS/c1-5(7(12)13)3-4-6-8-9-10-11(6)2/h5H,3-4H2,1-2H3,(H,12,13). The minimum atomic E-state index is -0.0878. The lowest BCUT2D eigenvalue weighted by atomic mass is 10.1. The highest BCUT2D eigenvalue weighted by atomic mass is 32.1. The molecule has 1 rings (SSSR count). The SMILES string of the molecule is CC(CCc1nnnn1C)C(=O)S. The van der Waals surface area contributed by atoms with Crippen LogP contribution in [0.25, 0.3) is 0 Å². The highest BCUT2D eigenvalue weighted by molar-refractivity contribution is 7.96. The highest BCUT2D eigenvalue weighted by Gasteiger charge is 2.10. The summed E-state index contributed by atoms with van der Waals surface area (Å²) in [5.41, 5.74) is 0. The smallest absolute Gasteiger partial charge is 0.188 e. The van der Waals surface area contributed by atoms with Crippen molar-refractivity contribution in [2.75, 3.05) is 0 Å². The van der Waals surface area contributed by atoms with E-state index < -0.39 is 0 Å². The minimum absolute atomic E-state index is 0.0416. The summed E-state index contributed by atoms with van der Waals surface area (Å²) in [6.45, 7) is 1.85. The molecule has 0 aromatic carbocycles. The molecule has 6 heteroatoms. The Kier molecular flexibility index (Phi) is 3.41. The van der Waals surface area contributed by atoms with Gasteiger partial charge in [-0.15, -0.1) is 17.7 Å². The molecule has 0 saturated carbocycles. The van der Waals surface area contributed by atoms with Crippen LogP contribution in [0.4, 0.5) is 0 Å². The van der Waals surface area contributed by atoms with Gasteiger partial charge in [0.1, 0.15) is 0 Å². The number of rotatable bonds is 4. The van der Waals surface area contributed by atoms with Gasteiger partial charge in [-0.25, -0.2) is 4.68 Å². The third-order valence-corrected chi connectivity index (χ3v) is 2.37. The van der Waals surface area contributed by atoms with Crippen LogP contribution in [0.5, 0.6) is 0 Å². The van der Waals surface area contributed by atoms with E-state index in [0.29, 0.717) is 6.42 Å². The Bertz CT molecular complexity index is 298. The lowest BCUT2D eigenvalue weighted by Gasteiger charge is -2.04. The molecule has 0 aliphatic rings. The van der Waals surface area contributed by atoms with Crippen molar-refractivity contribution in [2.24, 2.45) is 13.0 Å². The van der Waals surface area contributed by atoms with Crippen LogP contribution < -0.4 is 0 Å². The molecule has 0 bridgehead atoms. The van der Waals surface area contributed by atoms with E-state index in [0.717, 1.165) is 12.2 Å². The summed E-state index contributed by atoms with van der Waals surface area (Å²) < 4.78 is 1.61. The molecule has 1 atom stereocenters. The Morgan fingerprint density at radius 1 is 1.69 bits per heavy atom. The van der Waals surface area contributed by atoms with Crippen molar-refractivity contribution >= 4 is 17.7 Å². The van der Waals surface area contributed by atoms with Crippen molar-refractivity contribution in [2.45, 2.75) is 19.8 Å². The number of hydrogen-bond donors (Lipinski definition) is 1. The number of tetrazole rings is 1. The molecule has 0 fully saturated rings. The van der Waals surface area contributed by atoms with Gasteiger partial charge in [0.25, 0.3) is 0 Å². The highest BCUT2D eigenvalue weighted by Crippen LogP contribution is 2.09. The third kappa shape index (κ3) is 2.80. The molecule has 5 nitrogen and oxygen atoms in total. The van der Waals surface area contributed by atoms with Gasteiger partial charge in [-0.05, 0) is 16.8 Å². The Hall–Kier alpha value is -0.910. The average molecular weight is 200 g/mol. The predicted octanol–water partition coefficient (Wildman–Crippen LogP) is 0.235. The summed E-state index contributed by atoms with van der Waals surface area (Å²) in [6, 6.07) is 0. The molecule has 13 heavy (non-hydrogen) atoms. The topological polar surface area (TPSA) is 60.7 Å². The number of aryl methyl sites for hydroxylation is 2. The lowest BCUT2D eigenvalue weighted by Crippen LogP contribution is -2.08. The van der Waals surface area contributed by atoms with Gasteiger partial charge in [-0.3, -0.25) is 4.79 Å². The first-order valence-corrected chi connectivity index (χ1v) is 4.50. The van der Waals surface area contributed by atoms with Gasteiger partial charge in [0, 0.05) is 19.4 Å². The Labute approximate surface area is 81.9 Å². The van der Waals surface area contributed by atoms with Crippen molar-refractivity contribution in [1.29, 1.82) is 0 Å². The monoisotopic (exact) mass is 200 g/mol. The van der Waals surface area contributed by atoms with Crippen molar-refractivity contribution in [1.82, 2.24) is 20.2 Å². The molecule has 0 amide bonds. The largest absolute Gasteiger partial charge is 0.287 e. The Morgan fingerprint density at radius 3 is 2.85 bits per heavy atom. The summed E-state index contributed by atoms with van der Waals surface area (Å²) in [5.74, 6) is 0.751. The second-order valence-corrected chi connectivity index (χ2v) is 3.44. The molecule has 0 aliphatic carbocycles. The van der Waals surface area contributed by atoms with E-state index in [1.165, 1.54) is 0 Å². The third-order valence-electron chi connectivity index (χ3n) is 1.93. The van der Waals surface area contributed by atoms with Crippen LogP contribution in [0.3, 0.4) is 0 Å². The number of thiol groups is 1. The fourth-order valence-corrected chi connectivity index (χ4v) is 1.06. The zero-order valence-electron chi connectivity index (χ0n) is 7.64.